The third-order valence-corrected chi connectivity index (χ3v) is 2.18. The second-order valence-corrected chi connectivity index (χ2v) is 3.22. The number of hydrogen-bond donors (Lipinski definition) is 0. The Kier molecular flexibility index (Phi) is 4.17. The van der Waals surface area contributed by atoms with E-state index < -0.39 is 0 Å². The topological polar surface area (TPSA) is 30.2 Å². The van der Waals surface area contributed by atoms with E-state index in [0.717, 1.165) is 30.6 Å². The van der Waals surface area contributed by atoms with Crippen LogP contribution in [0.1, 0.15) is 42.3 Å². The fraction of sp³-hybridized carbons (Fsp3) is 0.417. The van der Waals surface area contributed by atoms with Crippen LogP contribution in [0.25, 0.3) is 0 Å². The minimum atomic E-state index is 0.178. The summed E-state index contributed by atoms with van der Waals surface area (Å²) < 4.78 is 5.20. The molecule has 0 spiro atoms. The minimum Gasteiger partial charge on any atom is -0.469 e. The molecular weight excluding hydrogens is 176 g/mol. The fourth-order valence-electron chi connectivity index (χ4n) is 1.40. The van der Waals surface area contributed by atoms with Crippen molar-refractivity contribution in [3.8, 4) is 0 Å². The Morgan fingerprint density at radius 1 is 1.64 bits per heavy atom. The molecule has 1 aromatic heterocycles. The molecule has 0 aromatic carbocycles. The SMILES string of the molecule is C=CCCCC(=O)c1ccoc1CC. The lowest BCUT2D eigenvalue weighted by Gasteiger charge is -1.98. The van der Waals surface area contributed by atoms with Crippen molar-refractivity contribution in [2.75, 3.05) is 0 Å². The van der Waals surface area contributed by atoms with Gasteiger partial charge in [0.05, 0.1) is 11.8 Å². The molecule has 0 amide bonds. The van der Waals surface area contributed by atoms with Crippen LogP contribution >= 0.6 is 0 Å². The summed E-state index contributed by atoms with van der Waals surface area (Å²) >= 11 is 0. The average molecular weight is 192 g/mol. The summed E-state index contributed by atoms with van der Waals surface area (Å²) in [6.45, 7) is 5.61. The largest absolute Gasteiger partial charge is 0.469 e. The summed E-state index contributed by atoms with van der Waals surface area (Å²) in [4.78, 5) is 11.7. The maximum atomic E-state index is 11.7. The molecule has 0 saturated heterocycles. The van der Waals surface area contributed by atoms with Gasteiger partial charge in [0.2, 0.25) is 0 Å². The molecule has 2 nitrogen and oxygen atoms in total. The second kappa shape index (κ2) is 5.43. The zero-order valence-corrected chi connectivity index (χ0v) is 8.58. The third-order valence-electron chi connectivity index (χ3n) is 2.18. The standard InChI is InChI=1S/C12H16O2/c1-3-5-6-7-11(13)10-8-9-14-12(10)4-2/h3,8-9H,1,4-7H2,2H3. The van der Waals surface area contributed by atoms with E-state index in [1.165, 1.54) is 0 Å². The summed E-state index contributed by atoms with van der Waals surface area (Å²) in [6, 6.07) is 1.76. The van der Waals surface area contributed by atoms with Gasteiger partial charge in [-0.25, -0.2) is 0 Å². The molecule has 0 aliphatic heterocycles. The van der Waals surface area contributed by atoms with E-state index in [1.54, 1.807) is 12.3 Å². The molecule has 0 radical (unpaired) electrons. The zero-order chi connectivity index (χ0) is 10.4. The molecule has 0 aliphatic carbocycles. The van der Waals surface area contributed by atoms with E-state index in [2.05, 4.69) is 6.58 Å². The summed E-state index contributed by atoms with van der Waals surface area (Å²) in [5, 5.41) is 0. The highest BCUT2D eigenvalue weighted by Gasteiger charge is 2.11. The number of ketones is 1. The molecule has 76 valence electrons. The van der Waals surface area contributed by atoms with Crippen molar-refractivity contribution in [2.45, 2.75) is 32.6 Å². The molecule has 0 atom stereocenters. The summed E-state index contributed by atoms with van der Waals surface area (Å²) in [5.74, 6) is 0.978. The van der Waals surface area contributed by atoms with E-state index >= 15 is 0 Å². The molecule has 2 heteroatoms. The van der Waals surface area contributed by atoms with Crippen LogP contribution in [0.3, 0.4) is 0 Å². The van der Waals surface area contributed by atoms with Gasteiger partial charge < -0.3 is 4.42 Å². The molecule has 0 fully saturated rings. The van der Waals surface area contributed by atoms with Gasteiger partial charge in [0.1, 0.15) is 5.76 Å². The normalized spacial score (nSPS) is 10.1. The van der Waals surface area contributed by atoms with Crippen LogP contribution in [0, 0.1) is 0 Å². The molecule has 0 unspecified atom stereocenters. The first-order chi connectivity index (χ1) is 6.79. The van der Waals surface area contributed by atoms with Crippen molar-refractivity contribution >= 4 is 5.78 Å². The number of hydrogen-bond acceptors (Lipinski definition) is 2. The van der Waals surface area contributed by atoms with Crippen LogP contribution in [0.4, 0.5) is 0 Å². The Labute approximate surface area is 84.6 Å². The van der Waals surface area contributed by atoms with Crippen molar-refractivity contribution in [3.63, 3.8) is 0 Å². The second-order valence-electron chi connectivity index (χ2n) is 3.22. The lowest BCUT2D eigenvalue weighted by atomic mass is 10.1. The van der Waals surface area contributed by atoms with Crippen molar-refractivity contribution in [3.05, 3.63) is 36.3 Å². The Bertz CT molecular complexity index is 310. The third kappa shape index (κ3) is 2.59. The van der Waals surface area contributed by atoms with E-state index in [1.807, 2.05) is 13.0 Å². The number of carbonyl (C=O) groups excluding carboxylic acids is 1. The Balaban J connectivity index is 2.55. The van der Waals surface area contributed by atoms with Gasteiger partial charge in [-0.05, 0) is 18.9 Å². The molecular formula is C12H16O2. The summed E-state index contributed by atoms with van der Waals surface area (Å²) in [5.41, 5.74) is 0.747. The average Bonchev–Trinajstić information content (AvgIpc) is 2.65. The van der Waals surface area contributed by atoms with Gasteiger partial charge in [-0.15, -0.1) is 6.58 Å². The lowest BCUT2D eigenvalue weighted by molar-refractivity contribution is 0.0978. The molecule has 0 saturated carbocycles. The van der Waals surface area contributed by atoms with E-state index in [0.29, 0.717) is 6.42 Å². The number of unbranched alkanes of at least 4 members (excludes halogenated alkanes) is 1. The molecule has 1 aromatic rings. The van der Waals surface area contributed by atoms with Gasteiger partial charge in [0, 0.05) is 12.8 Å². The van der Waals surface area contributed by atoms with Gasteiger partial charge in [-0.2, -0.15) is 0 Å². The molecule has 0 bridgehead atoms. The van der Waals surface area contributed by atoms with Crippen molar-refractivity contribution in [1.29, 1.82) is 0 Å². The monoisotopic (exact) mass is 192 g/mol. The van der Waals surface area contributed by atoms with Gasteiger partial charge in [0.15, 0.2) is 5.78 Å². The van der Waals surface area contributed by atoms with Crippen LogP contribution in [0.15, 0.2) is 29.4 Å². The molecule has 0 N–H and O–H groups in total. The highest BCUT2D eigenvalue weighted by Crippen LogP contribution is 2.14. The quantitative estimate of drug-likeness (QED) is 0.393. The Hall–Kier alpha value is -1.31. The van der Waals surface area contributed by atoms with E-state index in [-0.39, 0.29) is 5.78 Å². The highest BCUT2D eigenvalue weighted by molar-refractivity contribution is 5.96. The first-order valence-electron chi connectivity index (χ1n) is 5.00. The van der Waals surface area contributed by atoms with Gasteiger partial charge in [0.25, 0.3) is 0 Å². The van der Waals surface area contributed by atoms with Crippen LogP contribution in [0.5, 0.6) is 0 Å². The predicted molar refractivity (Wildman–Crippen MR) is 56.5 cm³/mol. The summed E-state index contributed by atoms with van der Waals surface area (Å²) in [7, 11) is 0. The number of allylic oxidation sites excluding steroid dienone is 1. The van der Waals surface area contributed by atoms with Crippen molar-refractivity contribution in [2.24, 2.45) is 0 Å². The summed E-state index contributed by atoms with van der Waals surface area (Å²) in [6.07, 6.45) is 6.54. The number of rotatable bonds is 6. The first kappa shape index (κ1) is 10.8. The number of Topliss-reactive ketones (excluding diaryl/α,β-unsaturated/α-hetero) is 1. The fourth-order valence-corrected chi connectivity index (χ4v) is 1.40. The predicted octanol–water partition coefficient (Wildman–Crippen LogP) is 3.38. The first-order valence-corrected chi connectivity index (χ1v) is 5.00. The lowest BCUT2D eigenvalue weighted by Crippen LogP contribution is -2.00. The van der Waals surface area contributed by atoms with Crippen LogP contribution < -0.4 is 0 Å². The van der Waals surface area contributed by atoms with Crippen molar-refractivity contribution in [1.82, 2.24) is 0 Å². The van der Waals surface area contributed by atoms with Crippen molar-refractivity contribution < 1.29 is 9.21 Å². The van der Waals surface area contributed by atoms with Crippen LogP contribution in [-0.4, -0.2) is 5.78 Å². The van der Waals surface area contributed by atoms with E-state index in [9.17, 15) is 4.79 Å². The van der Waals surface area contributed by atoms with Gasteiger partial charge in [-0.1, -0.05) is 13.0 Å². The molecule has 14 heavy (non-hydrogen) atoms. The zero-order valence-electron chi connectivity index (χ0n) is 8.58. The van der Waals surface area contributed by atoms with E-state index in [4.69, 9.17) is 4.42 Å². The number of carbonyl (C=O) groups is 1. The van der Waals surface area contributed by atoms with Crippen LogP contribution in [-0.2, 0) is 6.42 Å². The van der Waals surface area contributed by atoms with Gasteiger partial charge in [-0.3, -0.25) is 4.79 Å². The number of furan rings is 1. The maximum Gasteiger partial charge on any atom is 0.166 e. The Morgan fingerprint density at radius 2 is 2.43 bits per heavy atom. The van der Waals surface area contributed by atoms with Crippen LogP contribution in [0.2, 0.25) is 0 Å². The highest BCUT2D eigenvalue weighted by atomic mass is 16.3. The Morgan fingerprint density at radius 3 is 3.07 bits per heavy atom. The smallest absolute Gasteiger partial charge is 0.166 e. The molecule has 1 rings (SSSR count). The maximum absolute atomic E-state index is 11.7. The van der Waals surface area contributed by atoms with Gasteiger partial charge >= 0.3 is 0 Å². The molecule has 1 heterocycles. The number of aryl methyl sites for hydroxylation is 1. The molecule has 0 aliphatic rings. The minimum absolute atomic E-state index is 0.178.